The van der Waals surface area contributed by atoms with Gasteiger partial charge in [-0.1, -0.05) is 30.3 Å². The van der Waals surface area contributed by atoms with Gasteiger partial charge in [-0.15, -0.1) is 0 Å². The summed E-state index contributed by atoms with van der Waals surface area (Å²) in [4.78, 5) is 40.5. The highest BCUT2D eigenvalue weighted by atomic mass is 16.5. The zero-order chi connectivity index (χ0) is 26.3. The topological polar surface area (TPSA) is 90.0 Å². The van der Waals surface area contributed by atoms with E-state index in [9.17, 15) is 14.4 Å². The van der Waals surface area contributed by atoms with Gasteiger partial charge < -0.3 is 18.5 Å². The van der Waals surface area contributed by atoms with Crippen molar-refractivity contribution in [1.82, 2.24) is 0 Å². The van der Waals surface area contributed by atoms with Crippen molar-refractivity contribution < 1.29 is 18.4 Å². The predicted molar refractivity (Wildman–Crippen MR) is 145 cm³/mol. The smallest absolute Gasteiger partial charge is 0.336 e. The van der Waals surface area contributed by atoms with Crippen LogP contribution in [0.2, 0.25) is 0 Å². The first-order valence-electron chi connectivity index (χ1n) is 12.3. The van der Waals surface area contributed by atoms with Crippen LogP contribution in [0.5, 0.6) is 5.75 Å². The molecule has 0 radical (unpaired) electrons. The van der Waals surface area contributed by atoms with E-state index in [1.807, 2.05) is 62.1 Å². The molecule has 0 spiro atoms. The average molecular weight is 498 g/mol. The van der Waals surface area contributed by atoms with Crippen molar-refractivity contribution in [1.29, 1.82) is 0 Å². The van der Waals surface area contributed by atoms with Gasteiger partial charge in [0, 0.05) is 43.5 Å². The second-order valence-corrected chi connectivity index (χ2v) is 8.98. The third kappa shape index (κ3) is 4.27. The molecule has 2 aromatic heterocycles. The van der Waals surface area contributed by atoms with Crippen LogP contribution in [0.4, 0.5) is 5.88 Å². The third-order valence-corrected chi connectivity index (χ3v) is 6.69. The van der Waals surface area contributed by atoms with Gasteiger partial charge in [-0.05, 0) is 55.3 Å². The minimum atomic E-state index is -0.522. The maximum Gasteiger partial charge on any atom is 0.336 e. The number of hydrogen-bond donors (Lipinski definition) is 0. The molecule has 7 nitrogen and oxygen atoms in total. The molecule has 37 heavy (non-hydrogen) atoms. The van der Waals surface area contributed by atoms with E-state index < -0.39 is 11.6 Å². The van der Waals surface area contributed by atoms with Gasteiger partial charge in [0.1, 0.15) is 16.9 Å². The number of rotatable bonds is 6. The van der Waals surface area contributed by atoms with Crippen LogP contribution in [0.3, 0.4) is 0 Å². The fraction of sp³-hybridized carbons (Fsp3) is 0.233. The van der Waals surface area contributed by atoms with Crippen molar-refractivity contribution in [2.45, 2.75) is 34.1 Å². The van der Waals surface area contributed by atoms with E-state index in [2.05, 4.69) is 0 Å². The fourth-order valence-electron chi connectivity index (χ4n) is 4.92. The summed E-state index contributed by atoms with van der Waals surface area (Å²) in [6.45, 7) is 8.33. The number of carbonyl (C=O) groups excluding carboxylic acids is 1. The molecule has 5 rings (SSSR count). The molecule has 0 aliphatic heterocycles. The van der Waals surface area contributed by atoms with Crippen LogP contribution < -0.4 is 20.7 Å². The van der Waals surface area contributed by atoms with Gasteiger partial charge in [-0.2, -0.15) is 0 Å². The van der Waals surface area contributed by atoms with E-state index in [4.69, 9.17) is 13.6 Å². The number of aryl methyl sites for hydroxylation is 1. The highest BCUT2D eigenvalue weighted by Gasteiger charge is 2.24. The standard InChI is InChI=1S/C30H27NO6/c1-5-31(6-2)30-23(28(34)27-21-10-8-7-9-19(21)11-13-25(27)36-30)16-22-24(35-18(4)32)14-12-20-17(3)15-26(33)37-29(20)22/h7-15H,5-6,16H2,1-4H3. The van der Waals surface area contributed by atoms with Crippen LogP contribution in [0.25, 0.3) is 32.7 Å². The maximum atomic E-state index is 14.2. The second-order valence-electron chi connectivity index (χ2n) is 8.98. The first-order valence-corrected chi connectivity index (χ1v) is 12.3. The van der Waals surface area contributed by atoms with Gasteiger partial charge in [0.05, 0.1) is 10.9 Å². The lowest BCUT2D eigenvalue weighted by atomic mass is 9.97. The van der Waals surface area contributed by atoms with E-state index in [0.29, 0.717) is 46.5 Å². The number of carbonyl (C=O) groups is 1. The lowest BCUT2D eigenvalue weighted by Gasteiger charge is -2.23. The normalized spacial score (nSPS) is 11.4. The lowest BCUT2D eigenvalue weighted by molar-refractivity contribution is -0.131. The summed E-state index contributed by atoms with van der Waals surface area (Å²) in [7, 11) is 0. The molecule has 0 fully saturated rings. The van der Waals surface area contributed by atoms with E-state index in [-0.39, 0.29) is 23.2 Å². The van der Waals surface area contributed by atoms with Gasteiger partial charge in [-0.25, -0.2) is 4.79 Å². The monoisotopic (exact) mass is 497 g/mol. The Kier molecular flexibility index (Phi) is 6.29. The van der Waals surface area contributed by atoms with Crippen molar-refractivity contribution in [3.05, 3.63) is 91.9 Å². The largest absolute Gasteiger partial charge is 0.440 e. The van der Waals surface area contributed by atoms with Crippen LogP contribution in [0.1, 0.15) is 37.5 Å². The molecule has 0 bridgehead atoms. The molecule has 5 aromatic rings. The summed E-state index contributed by atoms with van der Waals surface area (Å²) in [5.74, 6) is 0.159. The lowest BCUT2D eigenvalue weighted by Crippen LogP contribution is -2.26. The third-order valence-electron chi connectivity index (χ3n) is 6.69. The molecule has 188 valence electrons. The van der Waals surface area contributed by atoms with Crippen LogP contribution >= 0.6 is 0 Å². The Morgan fingerprint density at radius 3 is 2.41 bits per heavy atom. The summed E-state index contributed by atoms with van der Waals surface area (Å²) in [5.41, 5.74) is 1.64. The number of hydrogen-bond acceptors (Lipinski definition) is 7. The average Bonchev–Trinajstić information content (AvgIpc) is 2.87. The molecule has 0 unspecified atom stereocenters. The quantitative estimate of drug-likeness (QED) is 0.128. The number of ether oxygens (including phenoxy) is 1. The molecular weight excluding hydrogens is 470 g/mol. The predicted octanol–water partition coefficient (Wildman–Crippen LogP) is 5.72. The van der Waals surface area contributed by atoms with Crippen molar-refractivity contribution in [2.75, 3.05) is 18.0 Å². The Morgan fingerprint density at radius 2 is 1.68 bits per heavy atom. The molecule has 0 aliphatic carbocycles. The highest BCUT2D eigenvalue weighted by Crippen LogP contribution is 2.35. The van der Waals surface area contributed by atoms with Crippen LogP contribution in [0, 0.1) is 6.92 Å². The summed E-state index contributed by atoms with van der Waals surface area (Å²) in [6, 6.07) is 16.3. The molecule has 0 aliphatic rings. The van der Waals surface area contributed by atoms with Crippen molar-refractivity contribution in [3.8, 4) is 5.75 Å². The van der Waals surface area contributed by atoms with Gasteiger partial charge in [-0.3, -0.25) is 9.59 Å². The Bertz CT molecular complexity index is 1790. The first-order chi connectivity index (χ1) is 17.8. The highest BCUT2D eigenvalue weighted by molar-refractivity contribution is 6.06. The summed E-state index contributed by atoms with van der Waals surface area (Å²) >= 11 is 0. The number of anilines is 1. The summed E-state index contributed by atoms with van der Waals surface area (Å²) in [6.07, 6.45) is 0.0413. The summed E-state index contributed by atoms with van der Waals surface area (Å²) in [5, 5.41) is 2.90. The molecule has 3 aromatic carbocycles. The Morgan fingerprint density at radius 1 is 0.919 bits per heavy atom. The minimum Gasteiger partial charge on any atom is -0.440 e. The zero-order valence-electron chi connectivity index (χ0n) is 21.2. The van der Waals surface area contributed by atoms with E-state index in [1.54, 1.807) is 12.1 Å². The molecule has 0 N–H and O–H groups in total. The maximum absolute atomic E-state index is 14.2. The number of benzene rings is 3. The van der Waals surface area contributed by atoms with E-state index in [0.717, 1.165) is 16.3 Å². The van der Waals surface area contributed by atoms with E-state index in [1.165, 1.54) is 13.0 Å². The molecular formula is C30H27NO6. The SMILES string of the molecule is CCN(CC)c1oc2ccc3ccccc3c2c(=O)c1Cc1c(OC(C)=O)ccc2c(C)cc(=O)oc12. The number of nitrogens with zero attached hydrogens (tertiary/aromatic N) is 1. The second kappa shape index (κ2) is 9.58. The minimum absolute atomic E-state index is 0.0413. The Hall–Kier alpha value is -4.39. The van der Waals surface area contributed by atoms with Crippen LogP contribution in [0.15, 0.2) is 73.0 Å². The first kappa shape index (κ1) is 24.3. The Balaban J connectivity index is 1.87. The van der Waals surface area contributed by atoms with Gasteiger partial charge in [0.2, 0.25) is 5.88 Å². The molecule has 2 heterocycles. The van der Waals surface area contributed by atoms with Crippen molar-refractivity contribution in [2.24, 2.45) is 0 Å². The Labute approximate surface area is 212 Å². The number of fused-ring (bicyclic) bond motifs is 4. The van der Waals surface area contributed by atoms with Crippen LogP contribution in [-0.4, -0.2) is 19.1 Å². The molecule has 0 amide bonds. The van der Waals surface area contributed by atoms with Crippen molar-refractivity contribution >= 4 is 44.6 Å². The molecule has 0 saturated carbocycles. The zero-order valence-corrected chi connectivity index (χ0v) is 21.2. The molecule has 0 atom stereocenters. The van der Waals surface area contributed by atoms with Gasteiger partial charge in [0.25, 0.3) is 0 Å². The molecule has 0 saturated heterocycles. The van der Waals surface area contributed by atoms with Crippen LogP contribution in [-0.2, 0) is 11.2 Å². The molecule has 7 heteroatoms. The van der Waals surface area contributed by atoms with E-state index >= 15 is 0 Å². The number of esters is 1. The van der Waals surface area contributed by atoms with Gasteiger partial charge in [0.15, 0.2) is 5.43 Å². The fourth-order valence-corrected chi connectivity index (χ4v) is 4.92. The van der Waals surface area contributed by atoms with Gasteiger partial charge >= 0.3 is 11.6 Å². The summed E-state index contributed by atoms with van der Waals surface area (Å²) < 4.78 is 17.5. The van der Waals surface area contributed by atoms with Crippen molar-refractivity contribution in [3.63, 3.8) is 0 Å².